The van der Waals surface area contributed by atoms with Crippen LogP contribution in [0.25, 0.3) is 5.57 Å². The van der Waals surface area contributed by atoms with Crippen LogP contribution in [-0.2, 0) is 20.9 Å². The highest BCUT2D eigenvalue weighted by atomic mass is 19.1. The van der Waals surface area contributed by atoms with E-state index in [0.717, 1.165) is 31.3 Å². The minimum absolute atomic E-state index is 0.00949. The highest BCUT2D eigenvalue weighted by Gasteiger charge is 2.46. The number of rotatable bonds is 2. The molecule has 0 aromatic heterocycles. The average molecular weight is 498 g/mol. The van der Waals surface area contributed by atoms with Gasteiger partial charge < -0.3 is 14.5 Å². The van der Waals surface area contributed by atoms with Crippen molar-refractivity contribution in [3.63, 3.8) is 0 Å². The molecule has 1 saturated carbocycles. The molecule has 5 rings (SSSR count). The number of carbonyl (C=O) groups is 4. The third-order valence-electron chi connectivity index (χ3n) is 7.73. The number of halogens is 1. The molecule has 1 aromatic carbocycles. The summed E-state index contributed by atoms with van der Waals surface area (Å²) in [6.07, 6.45) is 5.61. The molecule has 0 bridgehead atoms. The summed E-state index contributed by atoms with van der Waals surface area (Å²) < 4.78 is 21.7. The molecule has 4 amide bonds. The van der Waals surface area contributed by atoms with Crippen molar-refractivity contribution in [3.05, 3.63) is 40.7 Å². The molecule has 8 nitrogen and oxygen atoms in total. The maximum atomic E-state index is 16.1. The van der Waals surface area contributed by atoms with Gasteiger partial charge in [-0.1, -0.05) is 25.0 Å². The normalized spacial score (nSPS) is 23.6. The first-order chi connectivity index (χ1) is 17.0. The first kappa shape index (κ1) is 24.5. The Morgan fingerprint density at radius 1 is 1.14 bits per heavy atom. The van der Waals surface area contributed by atoms with Crippen molar-refractivity contribution in [1.82, 2.24) is 15.1 Å². The monoisotopic (exact) mass is 497 g/mol. The van der Waals surface area contributed by atoms with E-state index in [0.29, 0.717) is 18.7 Å². The second-order valence-corrected chi connectivity index (χ2v) is 11.3. The number of amides is 4. The van der Waals surface area contributed by atoms with Gasteiger partial charge in [0, 0.05) is 41.6 Å². The van der Waals surface area contributed by atoms with Crippen molar-refractivity contribution in [1.29, 1.82) is 0 Å². The van der Waals surface area contributed by atoms with Crippen LogP contribution in [0.15, 0.2) is 18.2 Å². The van der Waals surface area contributed by atoms with E-state index in [4.69, 9.17) is 4.74 Å². The zero-order chi connectivity index (χ0) is 25.8. The summed E-state index contributed by atoms with van der Waals surface area (Å²) in [5.74, 6) is -1.72. The number of piperidine rings is 1. The molecule has 1 N–H and O–H groups in total. The lowest BCUT2D eigenvalue weighted by Gasteiger charge is -2.41. The van der Waals surface area contributed by atoms with E-state index in [2.05, 4.69) is 5.32 Å². The lowest BCUT2D eigenvalue weighted by molar-refractivity contribution is -0.136. The van der Waals surface area contributed by atoms with Crippen LogP contribution in [0.2, 0.25) is 0 Å². The molecule has 0 radical (unpaired) electrons. The van der Waals surface area contributed by atoms with Crippen molar-refractivity contribution < 1.29 is 28.3 Å². The van der Waals surface area contributed by atoms with Crippen molar-refractivity contribution in [2.45, 2.75) is 77.5 Å². The quantitative estimate of drug-likeness (QED) is 0.628. The molecule has 4 aliphatic rings. The number of ether oxygens (including phenoxy) is 1. The van der Waals surface area contributed by atoms with Crippen LogP contribution in [-0.4, -0.2) is 58.3 Å². The van der Waals surface area contributed by atoms with Gasteiger partial charge in [0.25, 0.3) is 5.91 Å². The predicted molar refractivity (Wildman–Crippen MR) is 129 cm³/mol. The number of nitrogens with zero attached hydrogens (tertiary/aromatic N) is 2. The second-order valence-electron chi connectivity index (χ2n) is 11.3. The molecular formula is C27H32FN3O5. The second kappa shape index (κ2) is 8.71. The Balaban J connectivity index is 1.45. The number of imide groups is 1. The van der Waals surface area contributed by atoms with Crippen LogP contribution in [0.1, 0.15) is 80.8 Å². The Morgan fingerprint density at radius 2 is 1.83 bits per heavy atom. The molecule has 1 saturated heterocycles. The maximum absolute atomic E-state index is 16.1. The molecular weight excluding hydrogens is 465 g/mol. The summed E-state index contributed by atoms with van der Waals surface area (Å²) in [5, 5.41) is 2.27. The standard InChI is InChI=1S/C27H32FN3O5/c1-26(2,3)36-25(35)30-13-10-19(27(15-30)11-4-5-12-27)17-7-6-16-18(22(17)28)14-31(24(16)34)20-8-9-21(32)29-23(20)33/h6-7,10,20H,4-5,8-9,11-15H2,1-3H3,(H,29,32,33). The molecule has 1 aromatic rings. The number of hydrogen-bond acceptors (Lipinski definition) is 5. The van der Waals surface area contributed by atoms with Gasteiger partial charge in [0.2, 0.25) is 11.8 Å². The third kappa shape index (κ3) is 4.18. The summed E-state index contributed by atoms with van der Waals surface area (Å²) in [5.41, 5.74) is 0.913. The van der Waals surface area contributed by atoms with Gasteiger partial charge in [-0.15, -0.1) is 0 Å². The van der Waals surface area contributed by atoms with Crippen molar-refractivity contribution in [3.8, 4) is 0 Å². The molecule has 2 fully saturated rings. The van der Waals surface area contributed by atoms with Gasteiger partial charge in [0.15, 0.2) is 0 Å². The van der Waals surface area contributed by atoms with Gasteiger partial charge in [0.1, 0.15) is 17.5 Å². The fourth-order valence-electron chi connectivity index (χ4n) is 6.09. The molecule has 36 heavy (non-hydrogen) atoms. The molecule has 192 valence electrons. The number of benzene rings is 1. The minimum atomic E-state index is -0.789. The number of nitrogens with one attached hydrogen (secondary N) is 1. The van der Waals surface area contributed by atoms with Crippen molar-refractivity contribution in [2.24, 2.45) is 5.41 Å². The first-order valence-electron chi connectivity index (χ1n) is 12.6. The van der Waals surface area contributed by atoms with Gasteiger partial charge in [0.05, 0.1) is 6.54 Å². The zero-order valence-electron chi connectivity index (χ0n) is 21.0. The third-order valence-corrected chi connectivity index (χ3v) is 7.73. The Kier molecular flexibility index (Phi) is 5.92. The highest BCUT2D eigenvalue weighted by molar-refractivity contribution is 6.05. The predicted octanol–water partition coefficient (Wildman–Crippen LogP) is 3.78. The summed E-state index contributed by atoms with van der Waals surface area (Å²) in [4.78, 5) is 52.8. The van der Waals surface area contributed by atoms with Crippen LogP contribution in [0, 0.1) is 11.2 Å². The number of carbonyl (C=O) groups excluding carboxylic acids is 4. The summed E-state index contributed by atoms with van der Waals surface area (Å²) in [7, 11) is 0. The molecule has 9 heteroatoms. The maximum Gasteiger partial charge on any atom is 0.410 e. The van der Waals surface area contributed by atoms with E-state index >= 15 is 4.39 Å². The van der Waals surface area contributed by atoms with E-state index in [1.54, 1.807) is 17.0 Å². The van der Waals surface area contributed by atoms with E-state index < -0.39 is 29.3 Å². The van der Waals surface area contributed by atoms with Crippen LogP contribution < -0.4 is 5.32 Å². The minimum Gasteiger partial charge on any atom is -0.444 e. The summed E-state index contributed by atoms with van der Waals surface area (Å²) in [6.45, 7) is 6.28. The largest absolute Gasteiger partial charge is 0.444 e. The SMILES string of the molecule is CC(C)(C)OC(=O)N1CC=C(c2ccc3c(c2F)CN(C2CCC(=O)NC2=O)C3=O)C2(CCCC2)C1. The zero-order valence-corrected chi connectivity index (χ0v) is 21.0. The Labute approximate surface area is 209 Å². The lowest BCUT2D eigenvalue weighted by Crippen LogP contribution is -2.52. The fourth-order valence-corrected chi connectivity index (χ4v) is 6.09. The van der Waals surface area contributed by atoms with E-state index in [9.17, 15) is 19.2 Å². The lowest BCUT2D eigenvalue weighted by atomic mass is 9.72. The van der Waals surface area contributed by atoms with Crippen LogP contribution in [0.3, 0.4) is 0 Å². The molecule has 3 aliphatic heterocycles. The van der Waals surface area contributed by atoms with Gasteiger partial charge >= 0.3 is 6.09 Å². The average Bonchev–Trinajstić information content (AvgIpc) is 3.39. The molecule has 1 unspecified atom stereocenters. The van der Waals surface area contributed by atoms with Gasteiger partial charge in [-0.25, -0.2) is 9.18 Å². The molecule has 1 atom stereocenters. The first-order valence-corrected chi connectivity index (χ1v) is 12.6. The van der Waals surface area contributed by atoms with Gasteiger partial charge in [-0.05, 0) is 51.7 Å². The van der Waals surface area contributed by atoms with E-state index in [-0.39, 0.29) is 47.9 Å². The van der Waals surface area contributed by atoms with E-state index in [1.807, 2.05) is 26.8 Å². The Bertz CT molecular complexity index is 1180. The Hall–Kier alpha value is -3.23. The topological polar surface area (TPSA) is 96.0 Å². The Morgan fingerprint density at radius 3 is 2.50 bits per heavy atom. The van der Waals surface area contributed by atoms with Gasteiger partial charge in [-0.3, -0.25) is 19.7 Å². The van der Waals surface area contributed by atoms with Crippen molar-refractivity contribution >= 4 is 29.4 Å². The van der Waals surface area contributed by atoms with Gasteiger partial charge in [-0.2, -0.15) is 0 Å². The van der Waals surface area contributed by atoms with E-state index in [1.165, 1.54) is 4.90 Å². The van der Waals surface area contributed by atoms with Crippen LogP contribution in [0.5, 0.6) is 0 Å². The highest BCUT2D eigenvalue weighted by Crippen LogP contribution is 2.51. The van der Waals surface area contributed by atoms with Crippen molar-refractivity contribution in [2.75, 3.05) is 13.1 Å². The molecule has 3 heterocycles. The number of fused-ring (bicyclic) bond motifs is 1. The molecule has 1 spiro atoms. The smallest absolute Gasteiger partial charge is 0.410 e. The summed E-state index contributed by atoms with van der Waals surface area (Å²) in [6, 6.07) is 2.52. The van der Waals surface area contributed by atoms with Crippen LogP contribution >= 0.6 is 0 Å². The molecule has 1 aliphatic carbocycles. The summed E-state index contributed by atoms with van der Waals surface area (Å²) >= 11 is 0. The fraction of sp³-hybridized carbons (Fsp3) is 0.556. The van der Waals surface area contributed by atoms with Crippen LogP contribution in [0.4, 0.5) is 9.18 Å². The number of hydrogen-bond donors (Lipinski definition) is 1.